The van der Waals surface area contributed by atoms with Gasteiger partial charge in [0.2, 0.25) is 0 Å². The first-order valence-corrected chi connectivity index (χ1v) is 8.48. The highest BCUT2D eigenvalue weighted by atomic mass is 35.5. The quantitative estimate of drug-likeness (QED) is 0.611. The molecule has 0 spiro atoms. The Labute approximate surface area is 143 Å². The molecule has 0 aliphatic carbocycles. The van der Waals surface area contributed by atoms with Gasteiger partial charge in [-0.05, 0) is 18.6 Å². The molecule has 2 aromatic rings. The maximum atomic E-state index is 12.1. The molecule has 2 rings (SSSR count). The molecule has 1 aromatic carbocycles. The number of urea groups is 1. The van der Waals surface area contributed by atoms with Crippen LogP contribution in [0.1, 0.15) is 17.3 Å². The normalized spacial score (nSPS) is 10.2. The second-order valence-corrected chi connectivity index (χ2v) is 5.94. The van der Waals surface area contributed by atoms with Crippen LogP contribution in [0.5, 0.6) is 0 Å². The number of thiophene rings is 1. The molecule has 23 heavy (non-hydrogen) atoms. The minimum atomic E-state index is -0.460. The van der Waals surface area contributed by atoms with Crippen LogP contribution >= 0.6 is 22.9 Å². The fourth-order valence-corrected chi connectivity index (χ4v) is 3.04. The van der Waals surface area contributed by atoms with Crippen molar-refractivity contribution in [3.8, 4) is 10.4 Å². The first-order valence-electron chi connectivity index (χ1n) is 7.13. The average Bonchev–Trinajstić information content (AvgIpc) is 2.98. The number of ether oxygens (including phenoxy) is 1. The summed E-state index contributed by atoms with van der Waals surface area (Å²) >= 11 is 6.86. The molecule has 1 heterocycles. The zero-order valence-corrected chi connectivity index (χ0v) is 14.2. The fraction of sp³-hybridized carbons (Fsp3) is 0.250. The first kappa shape index (κ1) is 17.3. The molecule has 0 radical (unpaired) electrons. The maximum absolute atomic E-state index is 12.1. The van der Waals surface area contributed by atoms with E-state index in [-0.39, 0.29) is 6.61 Å². The van der Waals surface area contributed by atoms with Gasteiger partial charge in [0.15, 0.2) is 0 Å². The summed E-state index contributed by atoms with van der Waals surface area (Å²) in [6.45, 7) is 2.36. The second-order valence-electron chi connectivity index (χ2n) is 4.51. The highest BCUT2D eigenvalue weighted by molar-refractivity contribution is 7.20. The molecule has 0 unspecified atom stereocenters. The van der Waals surface area contributed by atoms with Crippen LogP contribution in [0.15, 0.2) is 36.4 Å². The summed E-state index contributed by atoms with van der Waals surface area (Å²) in [5.41, 5.74) is 1.31. The average molecular weight is 353 g/mol. The zero-order chi connectivity index (χ0) is 16.7. The lowest BCUT2D eigenvalue weighted by Crippen LogP contribution is -2.30. The number of esters is 1. The van der Waals surface area contributed by atoms with E-state index in [0.717, 1.165) is 10.4 Å². The van der Waals surface area contributed by atoms with E-state index in [2.05, 4.69) is 10.6 Å². The summed E-state index contributed by atoms with van der Waals surface area (Å²) < 4.78 is 5.06. The summed E-state index contributed by atoms with van der Waals surface area (Å²) in [6, 6.07) is 11.0. The van der Waals surface area contributed by atoms with E-state index in [1.165, 1.54) is 11.3 Å². The number of amides is 2. The topological polar surface area (TPSA) is 67.4 Å². The van der Waals surface area contributed by atoms with E-state index >= 15 is 0 Å². The Morgan fingerprint density at radius 2 is 2.00 bits per heavy atom. The van der Waals surface area contributed by atoms with Crippen molar-refractivity contribution in [3.63, 3.8) is 0 Å². The van der Waals surface area contributed by atoms with Crippen molar-refractivity contribution >= 4 is 39.9 Å². The van der Waals surface area contributed by atoms with Crippen LogP contribution in [0.2, 0.25) is 0 Å². The van der Waals surface area contributed by atoms with Crippen molar-refractivity contribution in [2.24, 2.45) is 0 Å². The van der Waals surface area contributed by atoms with Crippen LogP contribution in [0.25, 0.3) is 10.4 Å². The van der Waals surface area contributed by atoms with Crippen LogP contribution < -0.4 is 10.6 Å². The number of nitrogens with one attached hydrogen (secondary N) is 2. The SMILES string of the molecule is CCOC(=O)c1cc(-c2ccccc2)sc1NC(=O)NCCCl. The van der Waals surface area contributed by atoms with E-state index < -0.39 is 12.0 Å². The third kappa shape index (κ3) is 4.71. The lowest BCUT2D eigenvalue weighted by Gasteiger charge is -2.06. The van der Waals surface area contributed by atoms with Gasteiger partial charge in [-0.3, -0.25) is 5.32 Å². The number of hydrogen-bond donors (Lipinski definition) is 2. The van der Waals surface area contributed by atoms with Crippen molar-refractivity contribution < 1.29 is 14.3 Å². The Hall–Kier alpha value is -2.05. The number of carbonyl (C=O) groups is 2. The van der Waals surface area contributed by atoms with E-state index in [1.54, 1.807) is 13.0 Å². The molecule has 0 aliphatic heterocycles. The lowest BCUT2D eigenvalue weighted by molar-refractivity contribution is 0.0528. The molecule has 0 bridgehead atoms. The van der Waals surface area contributed by atoms with Crippen molar-refractivity contribution in [2.75, 3.05) is 24.3 Å². The number of halogens is 1. The lowest BCUT2D eigenvalue weighted by atomic mass is 10.1. The van der Waals surface area contributed by atoms with E-state index in [4.69, 9.17) is 16.3 Å². The molecule has 0 fully saturated rings. The second kappa shape index (κ2) is 8.55. The zero-order valence-electron chi connectivity index (χ0n) is 12.6. The van der Waals surface area contributed by atoms with Crippen molar-refractivity contribution in [1.82, 2.24) is 5.32 Å². The molecule has 0 saturated heterocycles. The third-order valence-electron chi connectivity index (χ3n) is 2.89. The van der Waals surface area contributed by atoms with Gasteiger partial charge in [0.1, 0.15) is 5.00 Å². The van der Waals surface area contributed by atoms with Crippen LogP contribution in [0.3, 0.4) is 0 Å². The van der Waals surface area contributed by atoms with Gasteiger partial charge >= 0.3 is 12.0 Å². The molecule has 122 valence electrons. The molecular weight excluding hydrogens is 336 g/mol. The summed E-state index contributed by atoms with van der Waals surface area (Å²) in [4.78, 5) is 24.8. The Balaban J connectivity index is 2.29. The number of carbonyl (C=O) groups excluding carboxylic acids is 2. The van der Waals surface area contributed by atoms with Gasteiger partial charge in [0.05, 0.1) is 12.2 Å². The molecule has 0 atom stereocenters. The van der Waals surface area contributed by atoms with Gasteiger partial charge in [-0.1, -0.05) is 30.3 Å². The van der Waals surface area contributed by atoms with Crippen molar-refractivity contribution in [3.05, 3.63) is 42.0 Å². The molecule has 1 aromatic heterocycles. The Kier molecular flexibility index (Phi) is 6.43. The van der Waals surface area contributed by atoms with Crippen molar-refractivity contribution in [1.29, 1.82) is 0 Å². The highest BCUT2D eigenvalue weighted by Gasteiger charge is 2.19. The highest BCUT2D eigenvalue weighted by Crippen LogP contribution is 2.35. The van der Waals surface area contributed by atoms with Gasteiger partial charge in [0, 0.05) is 17.3 Å². The van der Waals surface area contributed by atoms with Gasteiger partial charge in [-0.2, -0.15) is 0 Å². The third-order valence-corrected chi connectivity index (χ3v) is 4.18. The van der Waals surface area contributed by atoms with Crippen LogP contribution in [0, 0.1) is 0 Å². The van der Waals surface area contributed by atoms with Gasteiger partial charge < -0.3 is 10.1 Å². The van der Waals surface area contributed by atoms with Crippen LogP contribution in [-0.4, -0.2) is 31.0 Å². The fourth-order valence-electron chi connectivity index (χ4n) is 1.90. The Morgan fingerprint density at radius 1 is 1.26 bits per heavy atom. The summed E-state index contributed by atoms with van der Waals surface area (Å²) in [5, 5.41) is 5.74. The number of anilines is 1. The predicted molar refractivity (Wildman–Crippen MR) is 93.5 cm³/mol. The van der Waals surface area contributed by atoms with Gasteiger partial charge in [0.25, 0.3) is 0 Å². The summed E-state index contributed by atoms with van der Waals surface area (Å²) in [7, 11) is 0. The monoisotopic (exact) mass is 352 g/mol. The predicted octanol–water partition coefficient (Wildman–Crippen LogP) is 3.95. The summed E-state index contributed by atoms with van der Waals surface area (Å²) in [6.07, 6.45) is 0. The molecule has 2 amide bonds. The first-order chi connectivity index (χ1) is 11.2. The van der Waals surface area contributed by atoms with Crippen LogP contribution in [-0.2, 0) is 4.74 Å². The smallest absolute Gasteiger partial charge is 0.341 e. The van der Waals surface area contributed by atoms with Gasteiger partial charge in [-0.15, -0.1) is 22.9 Å². The molecule has 7 heteroatoms. The number of benzene rings is 1. The van der Waals surface area contributed by atoms with Crippen LogP contribution in [0.4, 0.5) is 9.80 Å². The van der Waals surface area contributed by atoms with E-state index in [1.807, 2.05) is 30.3 Å². The largest absolute Gasteiger partial charge is 0.462 e. The number of alkyl halides is 1. The van der Waals surface area contributed by atoms with E-state index in [9.17, 15) is 9.59 Å². The van der Waals surface area contributed by atoms with Gasteiger partial charge in [-0.25, -0.2) is 9.59 Å². The molecule has 2 N–H and O–H groups in total. The molecule has 5 nitrogen and oxygen atoms in total. The minimum Gasteiger partial charge on any atom is -0.462 e. The summed E-state index contributed by atoms with van der Waals surface area (Å²) in [5.74, 6) is -0.142. The molecular formula is C16H17ClN2O3S. The number of hydrogen-bond acceptors (Lipinski definition) is 4. The van der Waals surface area contributed by atoms with Crippen molar-refractivity contribution in [2.45, 2.75) is 6.92 Å². The Morgan fingerprint density at radius 3 is 2.65 bits per heavy atom. The molecule has 0 aliphatic rings. The number of rotatable bonds is 6. The van der Waals surface area contributed by atoms with E-state index in [0.29, 0.717) is 23.0 Å². The Bertz CT molecular complexity index is 673. The molecule has 0 saturated carbocycles. The minimum absolute atomic E-state index is 0.271. The standard InChI is InChI=1S/C16H17ClN2O3S/c1-2-22-15(20)12-10-13(11-6-4-3-5-7-11)23-14(12)19-16(21)18-9-8-17/h3-7,10H,2,8-9H2,1H3,(H2,18,19,21). The maximum Gasteiger partial charge on any atom is 0.341 e.